The van der Waals surface area contributed by atoms with Gasteiger partial charge in [0.2, 0.25) is 0 Å². The van der Waals surface area contributed by atoms with Crippen molar-refractivity contribution in [2.24, 2.45) is 0 Å². The summed E-state index contributed by atoms with van der Waals surface area (Å²) in [6, 6.07) is 8.91. The summed E-state index contributed by atoms with van der Waals surface area (Å²) in [5, 5.41) is 3.21. The van der Waals surface area contributed by atoms with Gasteiger partial charge in [-0.05, 0) is 68.3 Å². The monoisotopic (exact) mass is 405 g/mol. The molecule has 0 radical (unpaired) electrons. The van der Waals surface area contributed by atoms with Crippen LogP contribution in [0.3, 0.4) is 0 Å². The highest BCUT2D eigenvalue weighted by molar-refractivity contribution is 9.11. The number of rotatable bonds is 2. The number of hydrogen-bond acceptors (Lipinski definition) is 1. The molecule has 19 heavy (non-hydrogen) atoms. The highest BCUT2D eigenvalue weighted by atomic mass is 79.9. The van der Waals surface area contributed by atoms with Crippen LogP contribution in [0.1, 0.15) is 10.4 Å². The van der Waals surface area contributed by atoms with Crippen LogP contribution in [0.2, 0.25) is 5.02 Å². The molecule has 0 spiro atoms. The number of benzene rings is 2. The minimum atomic E-state index is -0.376. The van der Waals surface area contributed by atoms with E-state index in [1.807, 2.05) is 0 Å². The summed E-state index contributed by atoms with van der Waals surface area (Å²) in [6.07, 6.45) is 0. The fraction of sp³-hybridized carbons (Fsp3) is 0. The van der Waals surface area contributed by atoms with Crippen LogP contribution >= 0.6 is 43.5 Å². The van der Waals surface area contributed by atoms with E-state index in [2.05, 4.69) is 37.2 Å². The molecule has 0 unspecified atom stereocenters. The van der Waals surface area contributed by atoms with Crippen molar-refractivity contribution in [1.82, 2.24) is 0 Å². The topological polar surface area (TPSA) is 29.1 Å². The van der Waals surface area contributed by atoms with E-state index in [0.29, 0.717) is 25.2 Å². The molecular formula is C13H7Br2ClFNO. The van der Waals surface area contributed by atoms with E-state index in [1.54, 1.807) is 18.2 Å². The van der Waals surface area contributed by atoms with Gasteiger partial charge in [0.25, 0.3) is 5.91 Å². The first-order valence-corrected chi connectivity index (χ1v) is 7.15. The lowest BCUT2D eigenvalue weighted by molar-refractivity contribution is 0.102. The lowest BCUT2D eigenvalue weighted by atomic mass is 10.2. The van der Waals surface area contributed by atoms with Crippen LogP contribution in [-0.4, -0.2) is 5.91 Å². The first-order valence-electron chi connectivity index (χ1n) is 5.19. The second kappa shape index (κ2) is 6.03. The van der Waals surface area contributed by atoms with Crippen molar-refractivity contribution in [3.05, 3.63) is 61.7 Å². The second-order valence-electron chi connectivity index (χ2n) is 3.71. The van der Waals surface area contributed by atoms with Crippen LogP contribution in [0.25, 0.3) is 0 Å². The van der Waals surface area contributed by atoms with Crippen molar-refractivity contribution in [3.63, 3.8) is 0 Å². The zero-order chi connectivity index (χ0) is 14.0. The third kappa shape index (κ3) is 3.55. The zero-order valence-electron chi connectivity index (χ0n) is 9.38. The molecule has 0 aliphatic heterocycles. The van der Waals surface area contributed by atoms with Gasteiger partial charge in [0.05, 0.1) is 10.7 Å². The zero-order valence-corrected chi connectivity index (χ0v) is 13.3. The summed E-state index contributed by atoms with van der Waals surface area (Å²) in [5.41, 5.74) is 0.949. The minimum Gasteiger partial charge on any atom is -0.321 e. The van der Waals surface area contributed by atoms with Gasteiger partial charge in [0, 0.05) is 14.5 Å². The van der Waals surface area contributed by atoms with Gasteiger partial charge in [-0.25, -0.2) is 4.39 Å². The van der Waals surface area contributed by atoms with Gasteiger partial charge in [-0.15, -0.1) is 0 Å². The van der Waals surface area contributed by atoms with Crippen molar-refractivity contribution in [3.8, 4) is 0 Å². The lowest BCUT2D eigenvalue weighted by Gasteiger charge is -2.08. The van der Waals surface area contributed by atoms with Crippen molar-refractivity contribution in [2.45, 2.75) is 0 Å². The third-order valence-corrected chi connectivity index (χ3v) is 4.23. The van der Waals surface area contributed by atoms with Crippen molar-refractivity contribution in [2.75, 3.05) is 5.32 Å². The van der Waals surface area contributed by atoms with E-state index in [-0.39, 0.29) is 11.7 Å². The number of hydrogen-bond donors (Lipinski definition) is 1. The molecule has 0 saturated carbocycles. The Balaban J connectivity index is 2.23. The fourth-order valence-electron chi connectivity index (χ4n) is 1.42. The maximum Gasteiger partial charge on any atom is 0.255 e. The second-order valence-corrected chi connectivity index (χ2v) is 5.82. The van der Waals surface area contributed by atoms with Gasteiger partial charge in [0.15, 0.2) is 0 Å². The molecule has 2 nitrogen and oxygen atoms in total. The predicted molar refractivity (Wildman–Crippen MR) is 81.2 cm³/mol. The maximum atomic E-state index is 12.9. The Morgan fingerprint density at radius 1 is 1.11 bits per heavy atom. The van der Waals surface area contributed by atoms with Crippen molar-refractivity contribution >= 4 is 55.1 Å². The van der Waals surface area contributed by atoms with Gasteiger partial charge < -0.3 is 5.32 Å². The van der Waals surface area contributed by atoms with E-state index in [9.17, 15) is 9.18 Å². The quantitative estimate of drug-likeness (QED) is 0.723. The molecule has 0 aromatic heterocycles. The molecule has 2 aromatic rings. The molecule has 98 valence electrons. The van der Waals surface area contributed by atoms with Gasteiger partial charge in [-0.3, -0.25) is 4.79 Å². The smallest absolute Gasteiger partial charge is 0.255 e. The van der Waals surface area contributed by atoms with Crippen molar-refractivity contribution < 1.29 is 9.18 Å². The van der Waals surface area contributed by atoms with E-state index in [0.717, 1.165) is 0 Å². The number of carbonyl (C=O) groups excluding carboxylic acids is 1. The van der Waals surface area contributed by atoms with Gasteiger partial charge in [0.1, 0.15) is 5.82 Å². The largest absolute Gasteiger partial charge is 0.321 e. The summed E-state index contributed by atoms with van der Waals surface area (Å²) >= 11 is 12.3. The molecule has 0 aliphatic rings. The molecule has 2 aromatic carbocycles. The Bertz CT molecular complexity index is 649. The molecule has 0 heterocycles. The number of nitrogens with one attached hydrogen (secondary N) is 1. The molecule has 0 atom stereocenters. The Labute approximate surface area is 131 Å². The number of halogens is 4. The average Bonchev–Trinajstić information content (AvgIpc) is 2.36. The summed E-state index contributed by atoms with van der Waals surface area (Å²) in [7, 11) is 0. The predicted octanol–water partition coefficient (Wildman–Crippen LogP) is 5.26. The molecule has 0 bridgehead atoms. The van der Waals surface area contributed by atoms with Crippen LogP contribution in [0, 0.1) is 5.82 Å². The molecule has 1 N–H and O–H groups in total. The number of amides is 1. The lowest BCUT2D eigenvalue weighted by Crippen LogP contribution is -2.12. The first kappa shape index (κ1) is 14.5. The molecule has 2 rings (SSSR count). The van der Waals surface area contributed by atoms with Crippen LogP contribution in [0.15, 0.2) is 45.3 Å². The van der Waals surface area contributed by atoms with Gasteiger partial charge >= 0.3 is 0 Å². The summed E-state index contributed by atoms with van der Waals surface area (Å²) < 4.78 is 14.1. The summed E-state index contributed by atoms with van der Waals surface area (Å²) in [4.78, 5) is 12.0. The van der Waals surface area contributed by atoms with Gasteiger partial charge in [-0.2, -0.15) is 0 Å². The van der Waals surface area contributed by atoms with E-state index in [1.165, 1.54) is 18.2 Å². The molecule has 0 saturated heterocycles. The Morgan fingerprint density at radius 2 is 1.84 bits per heavy atom. The Hall–Kier alpha value is -0.910. The van der Waals surface area contributed by atoms with E-state index in [4.69, 9.17) is 11.6 Å². The minimum absolute atomic E-state index is 0.301. The number of anilines is 1. The van der Waals surface area contributed by atoms with Crippen LogP contribution in [-0.2, 0) is 0 Å². The van der Waals surface area contributed by atoms with E-state index >= 15 is 0 Å². The van der Waals surface area contributed by atoms with Crippen LogP contribution in [0.5, 0.6) is 0 Å². The highest BCUT2D eigenvalue weighted by Crippen LogP contribution is 2.26. The molecular weight excluding hydrogens is 400 g/mol. The normalized spacial score (nSPS) is 10.3. The summed E-state index contributed by atoms with van der Waals surface area (Å²) in [6.45, 7) is 0. The van der Waals surface area contributed by atoms with Crippen LogP contribution in [0.4, 0.5) is 10.1 Å². The SMILES string of the molecule is O=C(Nc1ccc(F)cc1Br)c1ccc(Cl)c(Br)c1. The highest BCUT2D eigenvalue weighted by Gasteiger charge is 2.10. The number of carbonyl (C=O) groups is 1. The van der Waals surface area contributed by atoms with E-state index < -0.39 is 0 Å². The Kier molecular flexibility index (Phi) is 4.60. The fourth-order valence-corrected chi connectivity index (χ4v) is 2.37. The molecule has 0 aliphatic carbocycles. The molecule has 6 heteroatoms. The van der Waals surface area contributed by atoms with Gasteiger partial charge in [-0.1, -0.05) is 11.6 Å². The van der Waals surface area contributed by atoms with Crippen LogP contribution < -0.4 is 5.32 Å². The standard InChI is InChI=1S/C13H7Br2ClFNO/c14-9-5-7(1-3-11(9)16)13(19)18-12-4-2-8(17)6-10(12)15/h1-6H,(H,18,19). The van der Waals surface area contributed by atoms with Crippen molar-refractivity contribution in [1.29, 1.82) is 0 Å². The maximum absolute atomic E-state index is 12.9. The Morgan fingerprint density at radius 3 is 2.47 bits per heavy atom. The average molecular weight is 407 g/mol. The molecule has 1 amide bonds. The molecule has 0 fully saturated rings. The third-order valence-electron chi connectivity index (χ3n) is 2.36. The first-order chi connectivity index (χ1) is 8.97. The summed E-state index contributed by atoms with van der Waals surface area (Å²) in [5.74, 6) is -0.677.